The molecule has 0 atom stereocenters. The lowest BCUT2D eigenvalue weighted by atomic mass is 10.3. The van der Waals surface area contributed by atoms with Crippen molar-refractivity contribution < 1.29 is 9.59 Å². The third-order valence-corrected chi connectivity index (χ3v) is 2.10. The topological polar surface area (TPSA) is 49.4 Å². The fourth-order valence-electron chi connectivity index (χ4n) is 1.41. The first-order chi connectivity index (χ1) is 6.24. The summed E-state index contributed by atoms with van der Waals surface area (Å²) in [6.07, 6.45) is 1.04. The molecule has 0 radical (unpaired) electrons. The molecule has 1 heterocycles. The highest BCUT2D eigenvalue weighted by atomic mass is 16.2. The summed E-state index contributed by atoms with van der Waals surface area (Å²) in [7, 11) is 0. The van der Waals surface area contributed by atoms with Gasteiger partial charge in [0.25, 0.3) is 0 Å². The summed E-state index contributed by atoms with van der Waals surface area (Å²) < 4.78 is 0. The number of hydrogen-bond donors (Lipinski definition) is 1. The highest BCUT2D eigenvalue weighted by Crippen LogP contribution is 2.06. The monoisotopic (exact) mass is 184 g/mol. The molecule has 1 aliphatic heterocycles. The standard InChI is InChI=1S/C9H16N2O2/c1-2-10-4-3-5-11-7-8(12)6-9(11)13/h10H,2-7H2,1H3. The number of ketones is 1. The van der Waals surface area contributed by atoms with Crippen LogP contribution in [0.3, 0.4) is 0 Å². The molecule has 74 valence electrons. The Morgan fingerprint density at radius 3 is 2.77 bits per heavy atom. The van der Waals surface area contributed by atoms with Gasteiger partial charge in [-0.1, -0.05) is 6.92 Å². The second-order valence-electron chi connectivity index (χ2n) is 3.24. The van der Waals surface area contributed by atoms with Crippen molar-refractivity contribution in [1.29, 1.82) is 0 Å². The zero-order valence-corrected chi connectivity index (χ0v) is 8.01. The smallest absolute Gasteiger partial charge is 0.230 e. The molecule has 13 heavy (non-hydrogen) atoms. The molecule has 1 saturated heterocycles. The Bertz CT molecular complexity index is 204. The van der Waals surface area contributed by atoms with Crippen LogP contribution in [0.25, 0.3) is 0 Å². The summed E-state index contributed by atoms with van der Waals surface area (Å²) >= 11 is 0. The lowest BCUT2D eigenvalue weighted by molar-refractivity contribution is -0.127. The molecule has 0 aromatic heterocycles. The van der Waals surface area contributed by atoms with E-state index in [1.165, 1.54) is 0 Å². The van der Waals surface area contributed by atoms with E-state index in [0.717, 1.165) is 19.5 Å². The van der Waals surface area contributed by atoms with Crippen LogP contribution in [0.1, 0.15) is 19.8 Å². The van der Waals surface area contributed by atoms with Gasteiger partial charge in [-0.15, -0.1) is 0 Å². The van der Waals surface area contributed by atoms with Crippen LogP contribution in [0.4, 0.5) is 0 Å². The lowest BCUT2D eigenvalue weighted by Crippen LogP contribution is -2.28. The highest BCUT2D eigenvalue weighted by Gasteiger charge is 2.26. The number of amides is 1. The maximum atomic E-state index is 11.1. The highest BCUT2D eigenvalue weighted by molar-refractivity contribution is 6.05. The molecule has 0 aliphatic carbocycles. The Morgan fingerprint density at radius 2 is 2.23 bits per heavy atom. The van der Waals surface area contributed by atoms with Crippen molar-refractivity contribution in [3.8, 4) is 0 Å². The lowest BCUT2D eigenvalue weighted by Gasteiger charge is -2.13. The van der Waals surface area contributed by atoms with Gasteiger partial charge < -0.3 is 10.2 Å². The Balaban J connectivity index is 2.14. The number of Topliss-reactive ketones (excluding diaryl/α,β-unsaturated/α-hetero) is 1. The zero-order valence-electron chi connectivity index (χ0n) is 8.01. The number of carbonyl (C=O) groups is 2. The molecule has 1 amide bonds. The second-order valence-corrected chi connectivity index (χ2v) is 3.24. The summed E-state index contributed by atoms with van der Waals surface area (Å²) in [5.41, 5.74) is 0. The van der Waals surface area contributed by atoms with E-state index < -0.39 is 0 Å². The fourth-order valence-corrected chi connectivity index (χ4v) is 1.41. The molecule has 0 saturated carbocycles. The molecule has 1 fully saturated rings. The van der Waals surface area contributed by atoms with Gasteiger partial charge in [-0.05, 0) is 19.5 Å². The van der Waals surface area contributed by atoms with Gasteiger partial charge in [0.05, 0.1) is 13.0 Å². The minimum Gasteiger partial charge on any atom is -0.335 e. The van der Waals surface area contributed by atoms with Gasteiger partial charge >= 0.3 is 0 Å². The first-order valence-electron chi connectivity index (χ1n) is 4.74. The van der Waals surface area contributed by atoms with Crippen LogP contribution in [0.15, 0.2) is 0 Å². The second kappa shape index (κ2) is 4.97. The van der Waals surface area contributed by atoms with Crippen molar-refractivity contribution in [2.75, 3.05) is 26.2 Å². The summed E-state index contributed by atoms with van der Waals surface area (Å²) in [6, 6.07) is 0. The van der Waals surface area contributed by atoms with E-state index in [4.69, 9.17) is 0 Å². The van der Waals surface area contributed by atoms with E-state index in [2.05, 4.69) is 5.32 Å². The SMILES string of the molecule is CCNCCCN1CC(=O)CC1=O. The van der Waals surface area contributed by atoms with Crippen molar-refractivity contribution in [2.45, 2.75) is 19.8 Å². The molecule has 0 aromatic carbocycles. The van der Waals surface area contributed by atoms with E-state index in [9.17, 15) is 9.59 Å². The molecule has 4 nitrogen and oxygen atoms in total. The summed E-state index contributed by atoms with van der Waals surface area (Å²) in [5, 5.41) is 3.18. The first-order valence-corrected chi connectivity index (χ1v) is 4.74. The Hall–Kier alpha value is -0.900. The van der Waals surface area contributed by atoms with Gasteiger partial charge in [0.1, 0.15) is 0 Å². The van der Waals surface area contributed by atoms with Crippen LogP contribution in [0.5, 0.6) is 0 Å². The van der Waals surface area contributed by atoms with Crippen LogP contribution in [-0.2, 0) is 9.59 Å². The summed E-state index contributed by atoms with van der Waals surface area (Å²) in [4.78, 5) is 23.6. The number of rotatable bonds is 5. The van der Waals surface area contributed by atoms with Crippen LogP contribution in [0.2, 0.25) is 0 Å². The van der Waals surface area contributed by atoms with E-state index in [1.54, 1.807) is 4.90 Å². The first kappa shape index (κ1) is 10.2. The van der Waals surface area contributed by atoms with Gasteiger partial charge in [0.2, 0.25) is 5.91 Å². The minimum absolute atomic E-state index is 0.0125. The molecule has 0 unspecified atom stereocenters. The van der Waals surface area contributed by atoms with E-state index in [-0.39, 0.29) is 18.1 Å². The number of nitrogens with one attached hydrogen (secondary N) is 1. The van der Waals surface area contributed by atoms with Crippen molar-refractivity contribution in [1.82, 2.24) is 10.2 Å². The predicted molar refractivity (Wildman–Crippen MR) is 49.4 cm³/mol. The average molecular weight is 184 g/mol. The zero-order chi connectivity index (χ0) is 9.68. The van der Waals surface area contributed by atoms with Gasteiger partial charge in [-0.3, -0.25) is 9.59 Å². The van der Waals surface area contributed by atoms with Gasteiger partial charge in [-0.25, -0.2) is 0 Å². The quantitative estimate of drug-likeness (QED) is 0.475. The largest absolute Gasteiger partial charge is 0.335 e. The third kappa shape index (κ3) is 3.14. The maximum Gasteiger partial charge on any atom is 0.230 e. The molecular formula is C9H16N2O2. The molecule has 0 aromatic rings. The van der Waals surface area contributed by atoms with E-state index >= 15 is 0 Å². The molecule has 0 bridgehead atoms. The number of likely N-dealkylation sites (tertiary alicyclic amines) is 1. The Morgan fingerprint density at radius 1 is 1.46 bits per heavy atom. The number of carbonyl (C=O) groups excluding carboxylic acids is 2. The molecule has 0 spiro atoms. The van der Waals surface area contributed by atoms with E-state index in [0.29, 0.717) is 13.1 Å². The maximum absolute atomic E-state index is 11.1. The van der Waals surface area contributed by atoms with Crippen LogP contribution in [0, 0.1) is 0 Å². The van der Waals surface area contributed by atoms with Crippen molar-refractivity contribution in [3.63, 3.8) is 0 Å². The van der Waals surface area contributed by atoms with Gasteiger partial charge in [-0.2, -0.15) is 0 Å². The third-order valence-electron chi connectivity index (χ3n) is 2.10. The van der Waals surface area contributed by atoms with Crippen LogP contribution < -0.4 is 5.32 Å². The summed E-state index contributed by atoms with van der Waals surface area (Å²) in [6.45, 7) is 4.94. The van der Waals surface area contributed by atoms with E-state index in [1.807, 2.05) is 6.92 Å². The van der Waals surface area contributed by atoms with Crippen LogP contribution in [-0.4, -0.2) is 42.8 Å². The van der Waals surface area contributed by atoms with Crippen molar-refractivity contribution in [3.05, 3.63) is 0 Å². The molecule has 1 aliphatic rings. The van der Waals surface area contributed by atoms with Crippen LogP contribution >= 0.6 is 0 Å². The van der Waals surface area contributed by atoms with Gasteiger partial charge in [0, 0.05) is 6.54 Å². The van der Waals surface area contributed by atoms with Gasteiger partial charge in [0.15, 0.2) is 5.78 Å². The Labute approximate surface area is 78.3 Å². The summed E-state index contributed by atoms with van der Waals surface area (Å²) in [5.74, 6) is 0.0370. The average Bonchev–Trinajstić information content (AvgIpc) is 2.39. The van der Waals surface area contributed by atoms with Crippen molar-refractivity contribution in [2.24, 2.45) is 0 Å². The number of nitrogens with zero attached hydrogens (tertiary/aromatic N) is 1. The predicted octanol–water partition coefficient (Wildman–Crippen LogP) is -0.213. The minimum atomic E-state index is -0.0125. The molecule has 1 N–H and O–H groups in total. The molecule has 4 heteroatoms. The van der Waals surface area contributed by atoms with Crippen molar-refractivity contribution >= 4 is 11.7 Å². The number of hydrogen-bond acceptors (Lipinski definition) is 3. The molecule has 1 rings (SSSR count). The normalized spacial score (nSPS) is 17.2. The molecular weight excluding hydrogens is 168 g/mol. The Kier molecular flexibility index (Phi) is 3.89. The fraction of sp³-hybridized carbons (Fsp3) is 0.778.